The molecule has 1 N–H and O–H groups in total. The molecule has 1 heteroatoms. The monoisotopic (exact) mass is 164 g/mol. The van der Waals surface area contributed by atoms with Crippen molar-refractivity contribution < 1.29 is 5.11 Å². The van der Waals surface area contributed by atoms with Crippen molar-refractivity contribution in [3.05, 3.63) is 11.6 Å². The van der Waals surface area contributed by atoms with E-state index in [-0.39, 0.29) is 6.10 Å². The molecule has 0 saturated heterocycles. The molecule has 1 spiro atoms. The number of fused-ring (bicyclic) bond motifs is 2. The Kier molecular flexibility index (Phi) is 1.16. The zero-order valence-electron chi connectivity index (χ0n) is 7.59. The molecule has 12 heavy (non-hydrogen) atoms. The molecule has 0 aromatic heterocycles. The molecule has 0 unspecified atom stereocenters. The Labute approximate surface area is 73.5 Å². The van der Waals surface area contributed by atoms with Crippen LogP contribution in [0.25, 0.3) is 0 Å². The topological polar surface area (TPSA) is 20.2 Å². The molecule has 0 amide bonds. The molecular formula is C11H16O. The third kappa shape index (κ3) is 0.687. The first kappa shape index (κ1) is 7.14. The van der Waals surface area contributed by atoms with Gasteiger partial charge in [-0.1, -0.05) is 11.6 Å². The second kappa shape index (κ2) is 1.95. The molecule has 3 atom stereocenters. The molecule has 2 fully saturated rings. The minimum atomic E-state index is -0.111. The normalized spacial score (nSPS) is 47.8. The molecule has 0 aliphatic heterocycles. The van der Waals surface area contributed by atoms with Crippen LogP contribution in [0, 0.1) is 17.3 Å². The van der Waals surface area contributed by atoms with Crippen molar-refractivity contribution in [1.82, 2.24) is 0 Å². The summed E-state index contributed by atoms with van der Waals surface area (Å²) in [6.45, 7) is 2.19. The van der Waals surface area contributed by atoms with E-state index in [1.165, 1.54) is 31.3 Å². The highest BCUT2D eigenvalue weighted by molar-refractivity contribution is 5.25. The van der Waals surface area contributed by atoms with Gasteiger partial charge < -0.3 is 5.11 Å². The van der Waals surface area contributed by atoms with Crippen LogP contribution in [-0.2, 0) is 0 Å². The van der Waals surface area contributed by atoms with Crippen LogP contribution in [0.1, 0.15) is 32.6 Å². The Balaban J connectivity index is 1.96. The van der Waals surface area contributed by atoms with E-state index in [0.717, 1.165) is 5.92 Å². The fourth-order valence-electron chi connectivity index (χ4n) is 3.57. The van der Waals surface area contributed by atoms with Crippen LogP contribution in [0.2, 0.25) is 0 Å². The summed E-state index contributed by atoms with van der Waals surface area (Å²) in [5, 5.41) is 9.87. The second-order valence-corrected chi connectivity index (χ2v) is 4.93. The smallest absolute Gasteiger partial charge is 0.0762 e. The number of hydrogen-bond donors (Lipinski definition) is 1. The maximum Gasteiger partial charge on any atom is 0.0762 e. The molecule has 1 nitrogen and oxygen atoms in total. The van der Waals surface area contributed by atoms with Crippen molar-refractivity contribution in [1.29, 1.82) is 0 Å². The summed E-state index contributed by atoms with van der Waals surface area (Å²) in [5.41, 5.74) is 2.05. The standard InChI is InChI=1S/C11H16O/c1-7-6-9(12)10-8(7)2-3-11(10)4-5-11/h6,8-10,12H,2-5H2,1H3/t8-,9-,10-/m1/s1. The van der Waals surface area contributed by atoms with Crippen molar-refractivity contribution in [3.63, 3.8) is 0 Å². The first-order chi connectivity index (χ1) is 5.73. The summed E-state index contributed by atoms with van der Waals surface area (Å²) in [6.07, 6.45) is 7.46. The van der Waals surface area contributed by atoms with E-state index in [1.807, 2.05) is 0 Å². The van der Waals surface area contributed by atoms with E-state index >= 15 is 0 Å². The lowest BCUT2D eigenvalue weighted by molar-refractivity contribution is 0.114. The van der Waals surface area contributed by atoms with Gasteiger partial charge in [0.2, 0.25) is 0 Å². The maximum atomic E-state index is 9.87. The first-order valence-electron chi connectivity index (χ1n) is 5.09. The molecule has 0 aromatic carbocycles. The van der Waals surface area contributed by atoms with E-state index in [0.29, 0.717) is 11.3 Å². The van der Waals surface area contributed by atoms with Gasteiger partial charge in [-0.2, -0.15) is 0 Å². The quantitative estimate of drug-likeness (QED) is 0.544. The van der Waals surface area contributed by atoms with Crippen LogP contribution in [-0.4, -0.2) is 11.2 Å². The highest BCUT2D eigenvalue weighted by Gasteiger charge is 2.59. The predicted octanol–water partition coefficient (Wildman–Crippen LogP) is 2.11. The molecule has 0 bridgehead atoms. The molecule has 2 saturated carbocycles. The van der Waals surface area contributed by atoms with E-state index in [2.05, 4.69) is 13.0 Å². The van der Waals surface area contributed by atoms with Crippen molar-refractivity contribution >= 4 is 0 Å². The van der Waals surface area contributed by atoms with Gasteiger partial charge in [-0.05, 0) is 43.9 Å². The average Bonchev–Trinajstić information content (AvgIpc) is 2.55. The Morgan fingerprint density at radius 1 is 1.42 bits per heavy atom. The van der Waals surface area contributed by atoms with Crippen LogP contribution in [0.4, 0.5) is 0 Å². The number of allylic oxidation sites excluding steroid dienone is 1. The molecule has 0 heterocycles. The van der Waals surface area contributed by atoms with Crippen LogP contribution < -0.4 is 0 Å². The second-order valence-electron chi connectivity index (χ2n) is 4.93. The lowest BCUT2D eigenvalue weighted by atomic mass is 9.86. The van der Waals surface area contributed by atoms with Gasteiger partial charge in [-0.3, -0.25) is 0 Å². The summed E-state index contributed by atoms with van der Waals surface area (Å²) in [6, 6.07) is 0. The van der Waals surface area contributed by atoms with E-state index in [1.54, 1.807) is 0 Å². The minimum Gasteiger partial charge on any atom is -0.389 e. The Bertz CT molecular complexity index is 250. The SMILES string of the molecule is CC1=C[C@@H](O)[C@H]2[C@@H]1CCC21CC1. The summed E-state index contributed by atoms with van der Waals surface area (Å²) in [7, 11) is 0. The molecule has 0 radical (unpaired) electrons. The van der Waals surface area contributed by atoms with E-state index < -0.39 is 0 Å². The predicted molar refractivity (Wildman–Crippen MR) is 47.6 cm³/mol. The molecular weight excluding hydrogens is 148 g/mol. The van der Waals surface area contributed by atoms with Crippen molar-refractivity contribution in [2.45, 2.75) is 38.7 Å². The highest BCUT2D eigenvalue weighted by Crippen LogP contribution is 2.67. The van der Waals surface area contributed by atoms with E-state index in [9.17, 15) is 5.11 Å². The van der Waals surface area contributed by atoms with E-state index in [4.69, 9.17) is 0 Å². The molecule has 3 aliphatic rings. The summed E-state index contributed by atoms with van der Waals surface area (Å²) >= 11 is 0. The third-order valence-electron chi connectivity index (χ3n) is 4.37. The largest absolute Gasteiger partial charge is 0.389 e. The zero-order valence-corrected chi connectivity index (χ0v) is 7.59. The van der Waals surface area contributed by atoms with Gasteiger partial charge in [0.1, 0.15) is 0 Å². The summed E-state index contributed by atoms with van der Waals surface area (Å²) in [5.74, 6) is 1.35. The maximum absolute atomic E-state index is 9.87. The van der Waals surface area contributed by atoms with Crippen LogP contribution in [0.15, 0.2) is 11.6 Å². The number of aliphatic hydroxyl groups excluding tert-OH is 1. The number of aliphatic hydroxyl groups is 1. The summed E-state index contributed by atoms with van der Waals surface area (Å²) < 4.78 is 0. The highest BCUT2D eigenvalue weighted by atomic mass is 16.3. The van der Waals surface area contributed by atoms with Gasteiger partial charge in [0, 0.05) is 5.92 Å². The number of hydrogen-bond acceptors (Lipinski definition) is 1. The summed E-state index contributed by atoms with van der Waals surface area (Å²) in [4.78, 5) is 0. The van der Waals surface area contributed by atoms with Crippen molar-refractivity contribution in [2.75, 3.05) is 0 Å². The van der Waals surface area contributed by atoms with Crippen LogP contribution >= 0.6 is 0 Å². The lowest BCUT2D eigenvalue weighted by Gasteiger charge is -2.21. The van der Waals surface area contributed by atoms with Crippen LogP contribution in [0.3, 0.4) is 0 Å². The molecule has 3 rings (SSSR count). The fourth-order valence-corrected chi connectivity index (χ4v) is 3.57. The Morgan fingerprint density at radius 2 is 2.17 bits per heavy atom. The van der Waals surface area contributed by atoms with Gasteiger partial charge in [-0.15, -0.1) is 0 Å². The van der Waals surface area contributed by atoms with Crippen molar-refractivity contribution in [3.8, 4) is 0 Å². The van der Waals surface area contributed by atoms with Crippen molar-refractivity contribution in [2.24, 2.45) is 17.3 Å². The molecule has 0 aromatic rings. The molecule has 3 aliphatic carbocycles. The Hall–Kier alpha value is -0.300. The minimum absolute atomic E-state index is 0.111. The third-order valence-corrected chi connectivity index (χ3v) is 4.37. The van der Waals surface area contributed by atoms with Gasteiger partial charge in [-0.25, -0.2) is 0 Å². The zero-order chi connectivity index (χ0) is 8.34. The first-order valence-corrected chi connectivity index (χ1v) is 5.09. The van der Waals surface area contributed by atoms with Gasteiger partial charge >= 0.3 is 0 Å². The Morgan fingerprint density at radius 3 is 2.83 bits per heavy atom. The van der Waals surface area contributed by atoms with Gasteiger partial charge in [0.05, 0.1) is 6.10 Å². The van der Waals surface area contributed by atoms with Crippen LogP contribution in [0.5, 0.6) is 0 Å². The lowest BCUT2D eigenvalue weighted by Crippen LogP contribution is -2.23. The number of rotatable bonds is 0. The average molecular weight is 164 g/mol. The molecule has 66 valence electrons. The fraction of sp³-hybridized carbons (Fsp3) is 0.818. The van der Waals surface area contributed by atoms with Gasteiger partial charge in [0.15, 0.2) is 0 Å². The van der Waals surface area contributed by atoms with Gasteiger partial charge in [0.25, 0.3) is 0 Å².